The van der Waals surface area contributed by atoms with Crippen LogP contribution >= 0.6 is 11.6 Å². The van der Waals surface area contributed by atoms with Crippen LogP contribution < -0.4 is 5.32 Å². The number of benzene rings is 1. The lowest BCUT2D eigenvalue weighted by Gasteiger charge is -2.13. The van der Waals surface area contributed by atoms with Crippen LogP contribution in [0.1, 0.15) is 36.8 Å². The number of carbonyl (C=O) groups excluding carboxylic acids is 1. The minimum absolute atomic E-state index is 0.189. The van der Waals surface area contributed by atoms with E-state index in [0.29, 0.717) is 16.6 Å². The third kappa shape index (κ3) is 3.33. The minimum Gasteiger partial charge on any atom is -0.355 e. The summed E-state index contributed by atoms with van der Waals surface area (Å²) < 4.78 is 7.03. The Kier molecular flexibility index (Phi) is 4.66. The van der Waals surface area contributed by atoms with Crippen LogP contribution in [0, 0.1) is 0 Å². The number of carbonyl (C=O) groups is 1. The lowest BCUT2D eigenvalue weighted by Crippen LogP contribution is -2.17. The molecule has 0 saturated heterocycles. The molecule has 0 aliphatic heterocycles. The summed E-state index contributed by atoms with van der Waals surface area (Å²) in [6.45, 7) is 4.10. The van der Waals surface area contributed by atoms with E-state index in [9.17, 15) is 4.79 Å². The molecular weight excluding hydrogens is 328 g/mol. The number of nitrogens with zero attached hydrogens (tertiary/aromatic N) is 3. The highest BCUT2D eigenvalue weighted by atomic mass is 35.5. The van der Waals surface area contributed by atoms with Crippen molar-refractivity contribution in [3.8, 4) is 11.3 Å². The zero-order valence-corrected chi connectivity index (χ0v) is 14.1. The second-order valence-corrected chi connectivity index (χ2v) is 5.90. The number of halogens is 1. The summed E-state index contributed by atoms with van der Waals surface area (Å²) in [4.78, 5) is 12.4. The topological polar surface area (TPSA) is 73.0 Å². The molecule has 0 aliphatic carbocycles. The smallest absolute Gasteiger partial charge is 0.279 e. The molecule has 24 heavy (non-hydrogen) atoms. The quantitative estimate of drug-likeness (QED) is 0.743. The molecule has 0 aliphatic rings. The van der Waals surface area contributed by atoms with E-state index in [4.69, 9.17) is 16.1 Å². The first-order chi connectivity index (χ1) is 11.6. The molecule has 7 heteroatoms. The Morgan fingerprint density at radius 3 is 2.96 bits per heavy atom. The van der Waals surface area contributed by atoms with Gasteiger partial charge in [-0.15, -0.1) is 0 Å². The molecular formula is C17H17ClN4O2. The first-order valence-electron chi connectivity index (χ1n) is 7.66. The largest absolute Gasteiger partial charge is 0.355 e. The lowest BCUT2D eigenvalue weighted by atomic mass is 10.1. The monoisotopic (exact) mass is 344 g/mol. The number of aromatic nitrogens is 3. The highest BCUT2D eigenvalue weighted by molar-refractivity contribution is 6.30. The van der Waals surface area contributed by atoms with Crippen LogP contribution in [0.2, 0.25) is 5.02 Å². The van der Waals surface area contributed by atoms with E-state index in [-0.39, 0.29) is 17.6 Å². The van der Waals surface area contributed by atoms with Crippen molar-refractivity contribution in [3.05, 3.63) is 53.3 Å². The van der Waals surface area contributed by atoms with Gasteiger partial charge in [0.25, 0.3) is 5.91 Å². The van der Waals surface area contributed by atoms with E-state index in [1.54, 1.807) is 35.1 Å². The zero-order valence-electron chi connectivity index (χ0n) is 13.4. The summed E-state index contributed by atoms with van der Waals surface area (Å²) in [5, 5.41) is 11.5. The molecule has 0 fully saturated rings. The van der Waals surface area contributed by atoms with Gasteiger partial charge in [-0.1, -0.05) is 35.8 Å². The fraction of sp³-hybridized carbons (Fsp3) is 0.235. The van der Waals surface area contributed by atoms with Crippen LogP contribution in [0.3, 0.4) is 0 Å². The number of hydrogen-bond donors (Lipinski definition) is 1. The molecule has 1 amide bonds. The van der Waals surface area contributed by atoms with Gasteiger partial charge in [-0.05, 0) is 25.5 Å². The van der Waals surface area contributed by atoms with Gasteiger partial charge in [-0.25, -0.2) is 4.68 Å². The van der Waals surface area contributed by atoms with Gasteiger partial charge in [0.05, 0.1) is 12.2 Å². The average Bonchev–Trinajstić information content (AvgIpc) is 3.23. The average molecular weight is 345 g/mol. The Morgan fingerprint density at radius 1 is 1.38 bits per heavy atom. The Hall–Kier alpha value is -2.60. The Morgan fingerprint density at radius 2 is 2.21 bits per heavy atom. The third-order valence-electron chi connectivity index (χ3n) is 3.77. The molecule has 1 aromatic carbocycles. The van der Waals surface area contributed by atoms with Crippen molar-refractivity contribution in [1.82, 2.24) is 14.9 Å². The molecule has 2 heterocycles. The van der Waals surface area contributed by atoms with Crippen LogP contribution in [-0.4, -0.2) is 20.8 Å². The van der Waals surface area contributed by atoms with Crippen LogP contribution in [-0.2, 0) is 0 Å². The number of rotatable bonds is 5. The predicted octanol–water partition coefficient (Wildman–Crippen LogP) is 4.41. The molecule has 0 radical (unpaired) electrons. The van der Waals surface area contributed by atoms with Crippen LogP contribution in [0.15, 0.2) is 47.1 Å². The van der Waals surface area contributed by atoms with E-state index >= 15 is 0 Å². The van der Waals surface area contributed by atoms with Crippen molar-refractivity contribution >= 4 is 23.3 Å². The molecule has 3 aromatic rings. The van der Waals surface area contributed by atoms with Gasteiger partial charge < -0.3 is 9.84 Å². The molecule has 0 saturated carbocycles. The van der Waals surface area contributed by atoms with Crippen LogP contribution in [0.25, 0.3) is 11.3 Å². The summed E-state index contributed by atoms with van der Waals surface area (Å²) in [6, 6.07) is 10.7. The summed E-state index contributed by atoms with van der Waals surface area (Å²) >= 11 is 5.97. The summed E-state index contributed by atoms with van der Waals surface area (Å²) in [7, 11) is 0. The molecule has 0 unspecified atom stereocenters. The normalized spacial score (nSPS) is 12.1. The number of nitrogens with one attached hydrogen (secondary N) is 1. The molecule has 2 aromatic heterocycles. The van der Waals surface area contributed by atoms with Crippen molar-refractivity contribution < 1.29 is 9.32 Å². The van der Waals surface area contributed by atoms with Gasteiger partial charge in [0.15, 0.2) is 11.5 Å². The first kappa shape index (κ1) is 16.3. The van der Waals surface area contributed by atoms with Gasteiger partial charge in [0.1, 0.15) is 5.82 Å². The van der Waals surface area contributed by atoms with Crippen molar-refractivity contribution in [2.45, 2.75) is 26.3 Å². The van der Waals surface area contributed by atoms with Gasteiger partial charge >= 0.3 is 0 Å². The molecule has 0 spiro atoms. The summed E-state index contributed by atoms with van der Waals surface area (Å²) in [5.41, 5.74) is 0.959. The van der Waals surface area contributed by atoms with Gasteiger partial charge in [-0.3, -0.25) is 4.79 Å². The molecule has 1 N–H and O–H groups in total. The SMILES string of the molecule is CC[C@@H](C)n1nccc1NC(=O)c1cc(-c2cccc(Cl)c2)on1. The highest BCUT2D eigenvalue weighted by Gasteiger charge is 2.17. The summed E-state index contributed by atoms with van der Waals surface area (Å²) in [6.07, 6.45) is 2.56. The Labute approximate surface area is 144 Å². The molecule has 1 atom stereocenters. The second kappa shape index (κ2) is 6.88. The van der Waals surface area contributed by atoms with Crippen LogP contribution in [0.4, 0.5) is 5.82 Å². The van der Waals surface area contributed by atoms with E-state index in [0.717, 1.165) is 12.0 Å². The lowest BCUT2D eigenvalue weighted by molar-refractivity contribution is 0.101. The highest BCUT2D eigenvalue weighted by Crippen LogP contribution is 2.24. The predicted molar refractivity (Wildman–Crippen MR) is 92.1 cm³/mol. The van der Waals surface area contributed by atoms with E-state index in [1.807, 2.05) is 19.1 Å². The van der Waals surface area contributed by atoms with Crippen molar-refractivity contribution in [3.63, 3.8) is 0 Å². The van der Waals surface area contributed by atoms with Crippen molar-refractivity contribution in [2.24, 2.45) is 0 Å². The fourth-order valence-corrected chi connectivity index (χ4v) is 2.47. The number of hydrogen-bond acceptors (Lipinski definition) is 4. The van der Waals surface area contributed by atoms with E-state index < -0.39 is 0 Å². The van der Waals surface area contributed by atoms with E-state index in [1.165, 1.54) is 0 Å². The minimum atomic E-state index is -0.350. The second-order valence-electron chi connectivity index (χ2n) is 5.46. The molecule has 3 rings (SSSR count). The first-order valence-corrected chi connectivity index (χ1v) is 8.03. The summed E-state index contributed by atoms with van der Waals surface area (Å²) in [5.74, 6) is 0.761. The van der Waals surface area contributed by atoms with Gasteiger partial charge in [-0.2, -0.15) is 5.10 Å². The zero-order chi connectivity index (χ0) is 17.1. The van der Waals surface area contributed by atoms with E-state index in [2.05, 4.69) is 22.5 Å². The molecule has 6 nitrogen and oxygen atoms in total. The fourth-order valence-electron chi connectivity index (χ4n) is 2.28. The molecule has 124 valence electrons. The Bertz CT molecular complexity index is 856. The van der Waals surface area contributed by atoms with Gasteiger partial charge in [0.2, 0.25) is 0 Å². The molecule has 0 bridgehead atoms. The maximum Gasteiger partial charge on any atom is 0.279 e. The van der Waals surface area contributed by atoms with Crippen LogP contribution in [0.5, 0.6) is 0 Å². The van der Waals surface area contributed by atoms with Crippen molar-refractivity contribution in [2.75, 3.05) is 5.32 Å². The number of anilines is 1. The Balaban J connectivity index is 1.78. The maximum absolute atomic E-state index is 12.4. The maximum atomic E-state index is 12.4. The third-order valence-corrected chi connectivity index (χ3v) is 4.01. The van der Waals surface area contributed by atoms with Crippen molar-refractivity contribution in [1.29, 1.82) is 0 Å². The van der Waals surface area contributed by atoms with Gasteiger partial charge in [0, 0.05) is 22.7 Å². The standard InChI is InChI=1S/C17H17ClN4O2/c1-3-11(2)22-16(7-8-19-22)20-17(23)14-10-15(24-21-14)12-5-4-6-13(18)9-12/h4-11H,3H2,1-2H3,(H,20,23)/t11-/m1/s1. The number of amides is 1.